The highest BCUT2D eigenvalue weighted by atomic mass is 16.3. The van der Waals surface area contributed by atoms with E-state index in [1.54, 1.807) is 0 Å². The third-order valence-corrected chi connectivity index (χ3v) is 2.03. The minimum absolute atomic E-state index is 0.0833. The molecule has 0 amide bonds. The number of hydrogen-bond donors (Lipinski definition) is 1. The third-order valence-electron chi connectivity index (χ3n) is 2.03. The summed E-state index contributed by atoms with van der Waals surface area (Å²) in [5, 5.41) is 9.13. The van der Waals surface area contributed by atoms with Crippen LogP contribution in [-0.4, -0.2) is 35.7 Å². The predicted molar refractivity (Wildman–Crippen MR) is 32.7 cm³/mol. The summed E-state index contributed by atoms with van der Waals surface area (Å²) >= 11 is 0. The first-order chi connectivity index (χ1) is 3.72. The molecule has 0 bridgehead atoms. The number of aliphatic hydroxyl groups is 1. The lowest BCUT2D eigenvalue weighted by Crippen LogP contribution is -2.28. The van der Waals surface area contributed by atoms with Gasteiger partial charge in [0.1, 0.15) is 0 Å². The zero-order chi connectivity index (χ0) is 6.15. The lowest BCUT2D eigenvalue weighted by molar-refractivity contribution is 0.137. The number of aliphatic hydroxyl groups excluding tert-OH is 1. The molecule has 0 aromatic heterocycles. The van der Waals surface area contributed by atoms with Crippen LogP contribution in [0.4, 0.5) is 0 Å². The second-order valence-corrected chi connectivity index (χ2v) is 2.58. The van der Waals surface area contributed by atoms with Gasteiger partial charge < -0.3 is 10.0 Å². The van der Waals surface area contributed by atoms with Crippen LogP contribution in [0.5, 0.6) is 0 Å². The zero-order valence-corrected chi connectivity index (χ0v) is 5.46. The molecule has 0 aromatic rings. The van der Waals surface area contributed by atoms with Crippen LogP contribution in [0.25, 0.3) is 0 Å². The van der Waals surface area contributed by atoms with Crippen molar-refractivity contribution in [2.24, 2.45) is 0 Å². The summed E-state index contributed by atoms with van der Waals surface area (Å²) in [6.45, 7) is 3.10. The van der Waals surface area contributed by atoms with Crippen molar-refractivity contribution in [1.29, 1.82) is 0 Å². The molecule has 8 heavy (non-hydrogen) atoms. The molecule has 0 spiro atoms. The molecule has 1 heterocycles. The Morgan fingerprint density at radius 3 is 2.38 bits per heavy atom. The molecule has 1 N–H and O–H groups in total. The normalized spacial score (nSPS) is 40.9. The van der Waals surface area contributed by atoms with Crippen molar-refractivity contribution in [3.63, 3.8) is 0 Å². The van der Waals surface area contributed by atoms with E-state index in [4.69, 9.17) is 5.11 Å². The van der Waals surface area contributed by atoms with Crippen LogP contribution in [0.3, 0.4) is 0 Å². The lowest BCUT2D eigenvalue weighted by Gasteiger charge is -2.15. The number of rotatable bonds is 0. The topological polar surface area (TPSA) is 23.5 Å². The molecule has 1 aliphatic rings. The SMILES string of the molecule is CC1C(O)CCN1C. The van der Waals surface area contributed by atoms with E-state index < -0.39 is 0 Å². The lowest BCUT2D eigenvalue weighted by atomic mass is 10.2. The Balaban J connectivity index is 2.44. The van der Waals surface area contributed by atoms with Gasteiger partial charge in [-0.2, -0.15) is 0 Å². The number of likely N-dealkylation sites (N-methyl/N-ethyl adjacent to an activating group) is 1. The first kappa shape index (κ1) is 6.05. The summed E-state index contributed by atoms with van der Waals surface area (Å²) in [5.74, 6) is 0. The van der Waals surface area contributed by atoms with Gasteiger partial charge in [-0.3, -0.25) is 0 Å². The molecule has 2 unspecified atom stereocenters. The Labute approximate surface area is 50.1 Å². The van der Waals surface area contributed by atoms with Gasteiger partial charge in [-0.1, -0.05) is 0 Å². The van der Waals surface area contributed by atoms with Gasteiger partial charge >= 0.3 is 0 Å². The fraction of sp³-hybridized carbons (Fsp3) is 1.00. The number of nitrogens with zero attached hydrogens (tertiary/aromatic N) is 1. The van der Waals surface area contributed by atoms with Gasteiger partial charge in [-0.25, -0.2) is 0 Å². The molecule has 0 aliphatic carbocycles. The Morgan fingerprint density at radius 2 is 2.25 bits per heavy atom. The van der Waals surface area contributed by atoms with E-state index in [0.29, 0.717) is 6.04 Å². The van der Waals surface area contributed by atoms with Crippen LogP contribution in [0.2, 0.25) is 0 Å². The van der Waals surface area contributed by atoms with E-state index in [1.165, 1.54) is 0 Å². The van der Waals surface area contributed by atoms with Gasteiger partial charge in [0.2, 0.25) is 0 Å². The smallest absolute Gasteiger partial charge is 0.0704 e. The second kappa shape index (κ2) is 2.03. The number of hydrogen-bond acceptors (Lipinski definition) is 2. The van der Waals surface area contributed by atoms with E-state index in [-0.39, 0.29) is 6.10 Å². The van der Waals surface area contributed by atoms with Crippen molar-refractivity contribution >= 4 is 0 Å². The molecule has 0 radical (unpaired) electrons. The predicted octanol–water partition coefficient (Wildman–Crippen LogP) is 0.0713. The highest BCUT2D eigenvalue weighted by Gasteiger charge is 2.25. The molecular weight excluding hydrogens is 102 g/mol. The van der Waals surface area contributed by atoms with Crippen molar-refractivity contribution in [3.05, 3.63) is 0 Å². The molecule has 1 rings (SSSR count). The van der Waals surface area contributed by atoms with Crippen molar-refractivity contribution in [1.82, 2.24) is 4.90 Å². The molecule has 1 fully saturated rings. The molecule has 0 saturated carbocycles. The zero-order valence-electron chi connectivity index (χ0n) is 5.46. The highest BCUT2D eigenvalue weighted by molar-refractivity contribution is 4.80. The molecule has 1 saturated heterocycles. The van der Waals surface area contributed by atoms with Gasteiger partial charge in [0, 0.05) is 12.6 Å². The first-order valence-corrected chi connectivity index (χ1v) is 3.10. The molecule has 0 aromatic carbocycles. The Kier molecular flexibility index (Phi) is 1.54. The maximum atomic E-state index is 9.13. The van der Waals surface area contributed by atoms with Gasteiger partial charge in [-0.05, 0) is 20.4 Å². The minimum atomic E-state index is -0.0833. The van der Waals surface area contributed by atoms with Crippen molar-refractivity contribution in [2.75, 3.05) is 13.6 Å². The molecule has 1 aliphatic heterocycles. The molecule has 2 heteroatoms. The summed E-state index contributed by atoms with van der Waals surface area (Å²) in [5.41, 5.74) is 0. The average molecular weight is 115 g/mol. The summed E-state index contributed by atoms with van der Waals surface area (Å²) in [6.07, 6.45) is 0.859. The highest BCUT2D eigenvalue weighted by Crippen LogP contribution is 2.13. The third kappa shape index (κ3) is 0.858. The molecule has 48 valence electrons. The van der Waals surface area contributed by atoms with Crippen molar-refractivity contribution in [2.45, 2.75) is 25.5 Å². The maximum Gasteiger partial charge on any atom is 0.0704 e. The maximum absolute atomic E-state index is 9.13. The van der Waals surface area contributed by atoms with E-state index >= 15 is 0 Å². The Morgan fingerprint density at radius 1 is 1.62 bits per heavy atom. The summed E-state index contributed by atoms with van der Waals surface area (Å²) < 4.78 is 0. The van der Waals surface area contributed by atoms with E-state index in [2.05, 4.69) is 11.8 Å². The quantitative estimate of drug-likeness (QED) is 0.483. The van der Waals surface area contributed by atoms with E-state index in [0.717, 1.165) is 13.0 Å². The Bertz CT molecular complexity index is 74.6. The van der Waals surface area contributed by atoms with E-state index in [1.807, 2.05) is 7.05 Å². The average Bonchev–Trinajstić information content (AvgIpc) is 1.98. The Hall–Kier alpha value is -0.0800. The molecular formula is C6H13NO. The monoisotopic (exact) mass is 115 g/mol. The fourth-order valence-corrected chi connectivity index (χ4v) is 1.07. The van der Waals surface area contributed by atoms with Gasteiger partial charge in [0.05, 0.1) is 6.10 Å². The fourth-order valence-electron chi connectivity index (χ4n) is 1.07. The molecule has 2 atom stereocenters. The summed E-state index contributed by atoms with van der Waals surface area (Å²) in [4.78, 5) is 2.17. The van der Waals surface area contributed by atoms with Crippen molar-refractivity contribution in [3.8, 4) is 0 Å². The van der Waals surface area contributed by atoms with Crippen molar-refractivity contribution < 1.29 is 5.11 Å². The minimum Gasteiger partial charge on any atom is -0.391 e. The van der Waals surface area contributed by atoms with Gasteiger partial charge in [0.15, 0.2) is 0 Å². The van der Waals surface area contributed by atoms with Crippen LogP contribution in [0.1, 0.15) is 13.3 Å². The van der Waals surface area contributed by atoms with Crippen LogP contribution in [0.15, 0.2) is 0 Å². The van der Waals surface area contributed by atoms with Crippen LogP contribution in [0, 0.1) is 0 Å². The summed E-state index contributed by atoms with van der Waals surface area (Å²) in [6, 6.07) is 0.370. The standard InChI is InChI=1S/C6H13NO/c1-5-6(8)3-4-7(5)2/h5-6,8H,3-4H2,1-2H3. The number of likely N-dealkylation sites (tertiary alicyclic amines) is 1. The van der Waals surface area contributed by atoms with Crippen LogP contribution < -0.4 is 0 Å². The summed E-state index contributed by atoms with van der Waals surface area (Å²) in [7, 11) is 2.04. The van der Waals surface area contributed by atoms with Crippen LogP contribution in [-0.2, 0) is 0 Å². The second-order valence-electron chi connectivity index (χ2n) is 2.58. The van der Waals surface area contributed by atoms with Gasteiger partial charge in [-0.15, -0.1) is 0 Å². The van der Waals surface area contributed by atoms with Gasteiger partial charge in [0.25, 0.3) is 0 Å². The largest absolute Gasteiger partial charge is 0.391 e. The van der Waals surface area contributed by atoms with E-state index in [9.17, 15) is 0 Å². The molecule has 2 nitrogen and oxygen atoms in total. The first-order valence-electron chi connectivity index (χ1n) is 3.10. The van der Waals surface area contributed by atoms with Crippen LogP contribution >= 0.6 is 0 Å².